The standard InChI is InChI=1S/C27H23F6N3O5/c1-36(25(40)14-8-16(26(28,29)30)11-17(9-14)27(31,32)33)18(10-15-13-34-20-5-3-2-4-19(15)20)6-7-23(38)41-21-12-22(37)35-24(21)39/h2-5,8-9,11-13,18,34-35,37,39H,6-7,10H2,1H3. The lowest BCUT2D eigenvalue weighted by atomic mass is 9.98. The molecule has 1 atom stereocenters. The Hall–Kier alpha value is -4.62. The van der Waals surface area contributed by atoms with Crippen LogP contribution in [0.4, 0.5) is 26.3 Å². The first-order valence-electron chi connectivity index (χ1n) is 12.1. The van der Waals surface area contributed by atoms with Gasteiger partial charge < -0.3 is 24.8 Å². The summed E-state index contributed by atoms with van der Waals surface area (Å²) in [7, 11) is 1.22. The van der Waals surface area contributed by atoms with Crippen LogP contribution in [0.1, 0.15) is 39.9 Å². The van der Waals surface area contributed by atoms with Gasteiger partial charge in [-0.25, -0.2) is 0 Å². The van der Waals surface area contributed by atoms with Crippen LogP contribution < -0.4 is 4.74 Å². The summed E-state index contributed by atoms with van der Waals surface area (Å²) in [6.07, 6.45) is -9.00. The van der Waals surface area contributed by atoms with Crippen LogP contribution in [0.3, 0.4) is 0 Å². The molecule has 1 unspecified atom stereocenters. The number of aromatic amines is 2. The molecule has 2 aromatic carbocycles. The normalized spacial score (nSPS) is 12.9. The Labute approximate surface area is 228 Å². The number of likely N-dealkylation sites (N-methyl/N-ethyl adjacent to an activating group) is 1. The van der Waals surface area contributed by atoms with E-state index in [-0.39, 0.29) is 31.1 Å². The highest BCUT2D eigenvalue weighted by atomic mass is 19.4. The lowest BCUT2D eigenvalue weighted by Crippen LogP contribution is -2.39. The van der Waals surface area contributed by atoms with Crippen molar-refractivity contribution in [2.75, 3.05) is 7.05 Å². The second-order valence-corrected chi connectivity index (χ2v) is 9.31. The van der Waals surface area contributed by atoms with Crippen LogP contribution in [0.5, 0.6) is 17.5 Å². The molecule has 218 valence electrons. The number of carbonyl (C=O) groups is 2. The van der Waals surface area contributed by atoms with Crippen molar-refractivity contribution in [1.82, 2.24) is 14.9 Å². The van der Waals surface area contributed by atoms with Crippen LogP contribution in [0.15, 0.2) is 54.7 Å². The maximum absolute atomic E-state index is 13.4. The molecule has 0 radical (unpaired) electrons. The summed E-state index contributed by atoms with van der Waals surface area (Å²) in [4.78, 5) is 32.0. The summed E-state index contributed by atoms with van der Waals surface area (Å²) in [5.74, 6) is -3.42. The van der Waals surface area contributed by atoms with Gasteiger partial charge in [-0.15, -0.1) is 0 Å². The Bertz CT molecular complexity index is 1540. The molecule has 2 heterocycles. The van der Waals surface area contributed by atoms with Gasteiger partial charge in [0.25, 0.3) is 5.91 Å². The molecule has 0 spiro atoms. The van der Waals surface area contributed by atoms with E-state index in [2.05, 4.69) is 9.97 Å². The Morgan fingerprint density at radius 3 is 2.20 bits per heavy atom. The molecular weight excluding hydrogens is 560 g/mol. The molecule has 41 heavy (non-hydrogen) atoms. The Morgan fingerprint density at radius 2 is 1.61 bits per heavy atom. The number of alkyl halides is 6. The van der Waals surface area contributed by atoms with E-state index in [1.165, 1.54) is 7.05 Å². The van der Waals surface area contributed by atoms with Crippen molar-refractivity contribution in [2.24, 2.45) is 0 Å². The predicted octanol–water partition coefficient (Wildman–Crippen LogP) is 6.01. The quantitative estimate of drug-likeness (QED) is 0.150. The maximum Gasteiger partial charge on any atom is 0.416 e. The molecule has 4 aromatic rings. The minimum atomic E-state index is -5.14. The van der Waals surface area contributed by atoms with Gasteiger partial charge >= 0.3 is 18.3 Å². The van der Waals surface area contributed by atoms with E-state index in [0.29, 0.717) is 17.7 Å². The number of benzene rings is 2. The van der Waals surface area contributed by atoms with Crippen molar-refractivity contribution in [2.45, 2.75) is 37.7 Å². The van der Waals surface area contributed by atoms with Gasteiger partial charge in [-0.1, -0.05) is 18.2 Å². The number of carbonyl (C=O) groups excluding carboxylic acids is 2. The van der Waals surface area contributed by atoms with Crippen molar-refractivity contribution in [3.63, 3.8) is 0 Å². The molecule has 0 saturated heterocycles. The fourth-order valence-corrected chi connectivity index (χ4v) is 4.38. The lowest BCUT2D eigenvalue weighted by molar-refractivity contribution is -0.143. The topological polar surface area (TPSA) is 119 Å². The molecule has 4 rings (SSSR count). The SMILES string of the molecule is CN(C(=O)c1cc(C(F)(F)F)cc(C(F)(F)F)c1)C(CCC(=O)Oc1cc(O)[nH]c1O)Cc1c[nH]c2ccccc12. The minimum absolute atomic E-state index is 0.0650. The second-order valence-electron chi connectivity index (χ2n) is 9.31. The second kappa shape index (κ2) is 11.1. The number of amides is 1. The van der Waals surface area contributed by atoms with Gasteiger partial charge in [0, 0.05) is 48.2 Å². The van der Waals surface area contributed by atoms with Crippen LogP contribution in [-0.2, 0) is 23.6 Å². The zero-order valence-corrected chi connectivity index (χ0v) is 21.2. The number of para-hydroxylation sites is 1. The molecule has 0 aliphatic heterocycles. The van der Waals surface area contributed by atoms with E-state index in [4.69, 9.17) is 4.74 Å². The number of nitrogens with zero attached hydrogens (tertiary/aromatic N) is 1. The average molecular weight is 583 g/mol. The molecular formula is C27H23F6N3O5. The van der Waals surface area contributed by atoms with E-state index >= 15 is 0 Å². The molecule has 0 aliphatic rings. The van der Waals surface area contributed by atoms with Crippen molar-refractivity contribution in [1.29, 1.82) is 0 Å². The number of ether oxygens (including phenoxy) is 1. The maximum atomic E-state index is 13.4. The first-order chi connectivity index (χ1) is 19.1. The molecule has 1 amide bonds. The number of esters is 1. The third kappa shape index (κ3) is 6.76. The third-order valence-corrected chi connectivity index (χ3v) is 6.49. The van der Waals surface area contributed by atoms with Gasteiger partial charge in [0.1, 0.15) is 0 Å². The van der Waals surface area contributed by atoms with Crippen LogP contribution in [0, 0.1) is 0 Å². The summed E-state index contributed by atoms with van der Waals surface area (Å²) in [5.41, 5.74) is -2.64. The van der Waals surface area contributed by atoms with E-state index in [0.717, 1.165) is 21.9 Å². The third-order valence-electron chi connectivity index (χ3n) is 6.49. The molecule has 0 bridgehead atoms. The average Bonchev–Trinajstić information content (AvgIpc) is 3.45. The molecule has 8 nitrogen and oxygen atoms in total. The fourth-order valence-electron chi connectivity index (χ4n) is 4.38. The van der Waals surface area contributed by atoms with Crippen LogP contribution in [0.25, 0.3) is 10.9 Å². The smallest absolute Gasteiger partial charge is 0.416 e. The minimum Gasteiger partial charge on any atom is -0.494 e. The van der Waals surface area contributed by atoms with Gasteiger partial charge in [0.15, 0.2) is 11.6 Å². The molecule has 4 N–H and O–H groups in total. The number of rotatable bonds is 8. The summed E-state index contributed by atoms with van der Waals surface area (Å²) >= 11 is 0. The first-order valence-corrected chi connectivity index (χ1v) is 12.1. The number of fused-ring (bicyclic) bond motifs is 1. The monoisotopic (exact) mass is 583 g/mol. The zero-order valence-electron chi connectivity index (χ0n) is 21.2. The number of nitrogens with one attached hydrogen (secondary N) is 2. The highest BCUT2D eigenvalue weighted by Crippen LogP contribution is 2.37. The molecule has 0 saturated carbocycles. The van der Waals surface area contributed by atoms with Crippen LogP contribution >= 0.6 is 0 Å². The van der Waals surface area contributed by atoms with Crippen molar-refractivity contribution in [3.05, 3.63) is 77.0 Å². The molecule has 0 aliphatic carbocycles. The molecule has 2 aromatic heterocycles. The molecule has 0 fully saturated rings. The van der Waals surface area contributed by atoms with Crippen LogP contribution in [0.2, 0.25) is 0 Å². The Morgan fingerprint density at radius 1 is 0.976 bits per heavy atom. The number of hydrogen-bond donors (Lipinski definition) is 4. The van der Waals surface area contributed by atoms with Crippen molar-refractivity contribution >= 4 is 22.8 Å². The van der Waals surface area contributed by atoms with Crippen molar-refractivity contribution < 1.29 is 50.9 Å². The fraction of sp³-hybridized carbons (Fsp3) is 0.259. The summed E-state index contributed by atoms with van der Waals surface area (Å²) < 4.78 is 85.4. The van der Waals surface area contributed by atoms with Gasteiger partial charge in [-0.2, -0.15) is 26.3 Å². The summed E-state index contributed by atoms with van der Waals surface area (Å²) in [6, 6.07) is 7.85. The number of halogens is 6. The van der Waals surface area contributed by atoms with Crippen molar-refractivity contribution in [3.8, 4) is 17.5 Å². The number of aromatic hydroxyl groups is 2. The van der Waals surface area contributed by atoms with Crippen LogP contribution in [-0.4, -0.2) is 50.0 Å². The number of aromatic nitrogens is 2. The highest BCUT2D eigenvalue weighted by Gasteiger charge is 2.38. The Balaban J connectivity index is 1.63. The van der Waals surface area contributed by atoms with Gasteiger partial charge in [-0.05, 0) is 42.7 Å². The zero-order chi connectivity index (χ0) is 30.1. The number of H-pyrrole nitrogens is 2. The van der Waals surface area contributed by atoms with E-state index in [1.807, 2.05) is 0 Å². The predicted molar refractivity (Wildman–Crippen MR) is 133 cm³/mol. The van der Waals surface area contributed by atoms with E-state index in [1.54, 1.807) is 30.5 Å². The van der Waals surface area contributed by atoms with Gasteiger partial charge in [-0.3, -0.25) is 14.6 Å². The van der Waals surface area contributed by atoms with Gasteiger partial charge in [0.05, 0.1) is 11.1 Å². The van der Waals surface area contributed by atoms with E-state index in [9.17, 15) is 46.1 Å². The Kier molecular flexibility index (Phi) is 7.95. The highest BCUT2D eigenvalue weighted by molar-refractivity contribution is 5.95. The molecule has 14 heteroatoms. The lowest BCUT2D eigenvalue weighted by Gasteiger charge is -2.29. The van der Waals surface area contributed by atoms with Gasteiger partial charge in [0.2, 0.25) is 5.88 Å². The summed E-state index contributed by atoms with van der Waals surface area (Å²) in [5, 5.41) is 19.8. The summed E-state index contributed by atoms with van der Waals surface area (Å²) in [6.45, 7) is 0. The first kappa shape index (κ1) is 29.4. The van der Waals surface area contributed by atoms with E-state index < -0.39 is 58.7 Å². The number of hydrogen-bond acceptors (Lipinski definition) is 5. The largest absolute Gasteiger partial charge is 0.494 e.